The number of anilines is 1. The third kappa shape index (κ3) is 1.59. The van der Waals surface area contributed by atoms with Crippen molar-refractivity contribution in [2.45, 2.75) is 18.8 Å². The molecule has 0 bridgehead atoms. The van der Waals surface area contributed by atoms with E-state index in [2.05, 4.69) is 0 Å². The lowest BCUT2D eigenvalue weighted by Crippen LogP contribution is -2.54. The summed E-state index contributed by atoms with van der Waals surface area (Å²) in [4.78, 5) is 48.7. The van der Waals surface area contributed by atoms with Crippen molar-refractivity contribution in [3.63, 3.8) is 0 Å². The number of hydrogen-bond acceptors (Lipinski definition) is 5. The number of carbonyl (C=O) groups excluding carboxylic acids is 4. The fraction of sp³-hybridized carbons (Fsp3) is 0.231. The van der Waals surface area contributed by atoms with Gasteiger partial charge in [-0.1, -0.05) is 6.07 Å². The molecule has 3 rings (SSSR count). The van der Waals surface area contributed by atoms with Crippen LogP contribution < -0.4 is 11.1 Å². The minimum absolute atomic E-state index is 0.0190. The quantitative estimate of drug-likeness (QED) is 0.538. The van der Waals surface area contributed by atoms with Crippen LogP contribution in [0.3, 0.4) is 0 Å². The summed E-state index contributed by atoms with van der Waals surface area (Å²) < 4.78 is 15.7. The van der Waals surface area contributed by atoms with Crippen molar-refractivity contribution in [2.75, 3.05) is 5.73 Å². The maximum Gasteiger partial charge on any atom is 0.264 e. The second kappa shape index (κ2) is 4.16. The van der Waals surface area contributed by atoms with Crippen LogP contribution >= 0.6 is 0 Å². The molecule has 0 aliphatic carbocycles. The molecule has 4 amide bonds. The molecule has 102 valence electrons. The maximum atomic E-state index is 12.4. The summed E-state index contributed by atoms with van der Waals surface area (Å²) >= 11 is 0. The first-order chi connectivity index (χ1) is 10.2. The van der Waals surface area contributed by atoms with Crippen molar-refractivity contribution >= 4 is 29.3 Å². The standard InChI is InChI=1S/C13H11N3O4/c14-7-3-1-2-6-10(7)13(20)16(12(6)19)8-4-5-9(17)15-11(8)18/h1-3,8H,4-5,14H2,(H,15,17,18)/t8-/m0/s1/i4D2. The van der Waals surface area contributed by atoms with Crippen LogP contribution in [0.1, 0.15) is 36.3 Å². The van der Waals surface area contributed by atoms with E-state index in [1.165, 1.54) is 18.2 Å². The molecule has 0 unspecified atom stereocenters. The Hall–Kier alpha value is -2.70. The van der Waals surface area contributed by atoms with Crippen molar-refractivity contribution in [2.24, 2.45) is 0 Å². The van der Waals surface area contributed by atoms with Gasteiger partial charge in [-0.3, -0.25) is 29.4 Å². The Morgan fingerprint density at radius 3 is 2.65 bits per heavy atom. The highest BCUT2D eigenvalue weighted by Gasteiger charge is 2.45. The molecule has 1 atom stereocenters. The van der Waals surface area contributed by atoms with Crippen LogP contribution in [0.15, 0.2) is 18.2 Å². The smallest absolute Gasteiger partial charge is 0.264 e. The average Bonchev–Trinajstić information content (AvgIpc) is 2.63. The molecule has 0 radical (unpaired) electrons. The Morgan fingerprint density at radius 1 is 1.25 bits per heavy atom. The molecular formula is C13H11N3O4. The summed E-state index contributed by atoms with van der Waals surface area (Å²) in [6.45, 7) is 0. The number of rotatable bonds is 1. The number of carbonyl (C=O) groups is 4. The number of hydrogen-bond donors (Lipinski definition) is 2. The molecular weight excluding hydrogens is 262 g/mol. The first-order valence-electron chi connectivity index (χ1n) is 6.84. The highest BCUT2D eigenvalue weighted by Crippen LogP contribution is 2.30. The molecule has 2 heterocycles. The Bertz CT molecular complexity index is 747. The number of fused-ring (bicyclic) bond motifs is 1. The Morgan fingerprint density at radius 2 is 2.00 bits per heavy atom. The minimum atomic E-state index is -2.35. The lowest BCUT2D eigenvalue weighted by molar-refractivity contribution is -0.136. The normalized spacial score (nSPS) is 26.0. The number of nitrogens with zero attached hydrogens (tertiary/aromatic N) is 1. The van der Waals surface area contributed by atoms with E-state index in [4.69, 9.17) is 8.48 Å². The summed E-state index contributed by atoms with van der Waals surface area (Å²) in [6.07, 6.45) is -2.96. The van der Waals surface area contributed by atoms with Gasteiger partial charge in [0.05, 0.1) is 11.1 Å². The summed E-state index contributed by atoms with van der Waals surface area (Å²) in [5.74, 6) is -3.45. The number of benzene rings is 1. The molecule has 7 nitrogen and oxygen atoms in total. The van der Waals surface area contributed by atoms with Gasteiger partial charge in [0.15, 0.2) is 0 Å². The fourth-order valence-electron chi connectivity index (χ4n) is 2.30. The first-order valence-corrected chi connectivity index (χ1v) is 5.84. The summed E-state index contributed by atoms with van der Waals surface area (Å²) in [5, 5.41) is 1.95. The van der Waals surface area contributed by atoms with Crippen molar-refractivity contribution in [1.29, 1.82) is 0 Å². The van der Waals surface area contributed by atoms with Crippen LogP contribution in [0.4, 0.5) is 5.69 Å². The highest BCUT2D eigenvalue weighted by molar-refractivity contribution is 6.25. The van der Waals surface area contributed by atoms with Gasteiger partial charge in [0.2, 0.25) is 11.8 Å². The fourth-order valence-corrected chi connectivity index (χ4v) is 2.30. The average molecular weight is 275 g/mol. The lowest BCUT2D eigenvalue weighted by atomic mass is 10.0. The van der Waals surface area contributed by atoms with Gasteiger partial charge in [0, 0.05) is 14.8 Å². The van der Waals surface area contributed by atoms with E-state index in [0.717, 1.165) is 0 Å². The first kappa shape index (κ1) is 10.1. The highest BCUT2D eigenvalue weighted by atomic mass is 16.2. The summed E-state index contributed by atoms with van der Waals surface area (Å²) in [7, 11) is 0. The largest absolute Gasteiger partial charge is 0.398 e. The van der Waals surface area contributed by atoms with Crippen LogP contribution in [0.2, 0.25) is 0 Å². The van der Waals surface area contributed by atoms with Crippen molar-refractivity contribution in [3.05, 3.63) is 29.3 Å². The number of piperidine rings is 1. The number of nitrogens with one attached hydrogen (secondary N) is 1. The Balaban J connectivity index is 2.09. The number of nitrogen functional groups attached to an aromatic ring is 1. The van der Waals surface area contributed by atoms with Crippen molar-refractivity contribution in [3.8, 4) is 0 Å². The molecule has 0 aromatic heterocycles. The molecule has 7 heteroatoms. The second-order valence-corrected chi connectivity index (χ2v) is 4.45. The topological polar surface area (TPSA) is 110 Å². The van der Waals surface area contributed by atoms with Gasteiger partial charge in [-0.25, -0.2) is 0 Å². The van der Waals surface area contributed by atoms with E-state index >= 15 is 0 Å². The molecule has 1 aromatic rings. The van der Waals surface area contributed by atoms with E-state index in [0.29, 0.717) is 4.90 Å². The van der Waals surface area contributed by atoms with E-state index in [1.807, 2.05) is 5.32 Å². The maximum absolute atomic E-state index is 12.4. The number of amides is 4. The third-order valence-corrected chi connectivity index (χ3v) is 3.20. The van der Waals surface area contributed by atoms with Gasteiger partial charge >= 0.3 is 0 Å². The lowest BCUT2D eigenvalue weighted by Gasteiger charge is -2.27. The SMILES string of the molecule is [2H]C1([2H])CC(=O)NC(=O)[C@H]1N1C(=O)c2cccc(N)c2C1=O. The van der Waals surface area contributed by atoms with Gasteiger partial charge in [-0.15, -0.1) is 0 Å². The van der Waals surface area contributed by atoms with Crippen LogP contribution in [0.5, 0.6) is 0 Å². The number of nitrogens with two attached hydrogens (primary N) is 1. The van der Waals surface area contributed by atoms with Gasteiger partial charge < -0.3 is 5.73 Å². The molecule has 20 heavy (non-hydrogen) atoms. The zero-order valence-electron chi connectivity index (χ0n) is 12.2. The van der Waals surface area contributed by atoms with Gasteiger partial charge in [0.1, 0.15) is 6.04 Å². The monoisotopic (exact) mass is 275 g/mol. The molecule has 0 saturated carbocycles. The van der Waals surface area contributed by atoms with Crippen LogP contribution in [-0.2, 0) is 9.59 Å². The van der Waals surface area contributed by atoms with E-state index < -0.39 is 42.5 Å². The van der Waals surface area contributed by atoms with Crippen molar-refractivity contribution < 1.29 is 21.9 Å². The van der Waals surface area contributed by atoms with E-state index in [9.17, 15) is 19.2 Å². The van der Waals surface area contributed by atoms with Gasteiger partial charge in [-0.2, -0.15) is 0 Å². The summed E-state index contributed by atoms with van der Waals surface area (Å²) in [6, 6.07) is 2.60. The second-order valence-electron chi connectivity index (χ2n) is 4.45. The molecule has 0 spiro atoms. The Kier molecular flexibility index (Phi) is 2.11. The van der Waals surface area contributed by atoms with Crippen LogP contribution in [0.25, 0.3) is 0 Å². The number of imide groups is 2. The minimum Gasteiger partial charge on any atom is -0.398 e. The molecule has 3 N–H and O–H groups in total. The molecule has 2 aliphatic heterocycles. The zero-order valence-corrected chi connectivity index (χ0v) is 10.2. The van der Waals surface area contributed by atoms with E-state index in [-0.39, 0.29) is 16.8 Å². The summed E-state index contributed by atoms with van der Waals surface area (Å²) in [5.41, 5.74) is 5.74. The predicted octanol–water partition coefficient (Wildman–Crippen LogP) is -0.330. The molecule has 1 aromatic carbocycles. The van der Waals surface area contributed by atoms with Crippen molar-refractivity contribution in [1.82, 2.24) is 10.2 Å². The zero-order chi connectivity index (χ0) is 16.2. The predicted molar refractivity (Wildman–Crippen MR) is 67.5 cm³/mol. The van der Waals surface area contributed by atoms with E-state index in [1.54, 1.807) is 0 Å². The van der Waals surface area contributed by atoms with Crippen LogP contribution in [-0.4, -0.2) is 34.6 Å². The molecule has 2 aliphatic rings. The third-order valence-electron chi connectivity index (χ3n) is 3.20. The van der Waals surface area contributed by atoms with Gasteiger partial charge in [-0.05, 0) is 18.5 Å². The van der Waals surface area contributed by atoms with Gasteiger partial charge in [0.25, 0.3) is 11.8 Å². The molecule has 1 saturated heterocycles. The molecule has 1 fully saturated rings. The Labute approximate surface area is 116 Å². The van der Waals surface area contributed by atoms with Crippen LogP contribution in [0, 0.1) is 0 Å².